The highest BCUT2D eigenvalue weighted by atomic mass is 16.5. The molecule has 1 rings (SSSR count). The Bertz CT molecular complexity index is 222. The number of hydrogen-bond acceptors (Lipinski definition) is 2. The van der Waals surface area contributed by atoms with E-state index in [1.807, 2.05) is 6.92 Å². The average molecular weight is 241 g/mol. The lowest BCUT2D eigenvalue weighted by Crippen LogP contribution is -2.42. The zero-order valence-corrected chi connectivity index (χ0v) is 11.6. The minimum atomic E-state index is 0.180. The Labute approximate surface area is 106 Å². The number of carbonyl (C=O) groups excluding carboxylic acids is 1. The van der Waals surface area contributed by atoms with Crippen LogP contribution in [0.15, 0.2) is 0 Å². The summed E-state index contributed by atoms with van der Waals surface area (Å²) in [6.07, 6.45) is 5.98. The molecule has 3 heteroatoms. The Kier molecular flexibility index (Phi) is 6.56. The van der Waals surface area contributed by atoms with Crippen molar-refractivity contribution < 1.29 is 9.53 Å². The maximum absolute atomic E-state index is 12.1. The Hall–Kier alpha value is -0.570. The summed E-state index contributed by atoms with van der Waals surface area (Å²) < 4.78 is 5.25. The summed E-state index contributed by atoms with van der Waals surface area (Å²) in [6, 6.07) is 0.474. The zero-order valence-electron chi connectivity index (χ0n) is 11.6. The maximum Gasteiger partial charge on any atom is 0.248 e. The average Bonchev–Trinajstić information content (AvgIpc) is 2.79. The van der Waals surface area contributed by atoms with Crippen LogP contribution >= 0.6 is 0 Å². The third-order valence-electron chi connectivity index (χ3n) is 3.46. The molecule has 0 bridgehead atoms. The van der Waals surface area contributed by atoms with Crippen LogP contribution in [0.3, 0.4) is 0 Å². The van der Waals surface area contributed by atoms with Gasteiger partial charge in [0.2, 0.25) is 5.91 Å². The molecule has 1 aliphatic rings. The summed E-state index contributed by atoms with van der Waals surface area (Å²) in [4.78, 5) is 14.2. The molecule has 0 aliphatic heterocycles. The van der Waals surface area contributed by atoms with Gasteiger partial charge in [-0.05, 0) is 32.1 Å². The van der Waals surface area contributed by atoms with Gasteiger partial charge in [-0.25, -0.2) is 0 Å². The fraction of sp³-hybridized carbons (Fsp3) is 0.929. The molecule has 0 atom stereocenters. The van der Waals surface area contributed by atoms with Gasteiger partial charge in [0.1, 0.15) is 6.61 Å². The van der Waals surface area contributed by atoms with Gasteiger partial charge in [-0.1, -0.05) is 26.7 Å². The minimum absolute atomic E-state index is 0.180. The first-order valence-electron chi connectivity index (χ1n) is 7.02. The number of ether oxygens (including phenoxy) is 1. The van der Waals surface area contributed by atoms with E-state index in [0.29, 0.717) is 18.6 Å². The van der Waals surface area contributed by atoms with E-state index in [0.717, 1.165) is 13.0 Å². The summed E-state index contributed by atoms with van der Waals surface area (Å²) in [5.41, 5.74) is 0. The summed E-state index contributed by atoms with van der Waals surface area (Å²) in [5, 5.41) is 0. The van der Waals surface area contributed by atoms with Crippen molar-refractivity contribution in [2.75, 3.05) is 19.8 Å². The lowest BCUT2D eigenvalue weighted by molar-refractivity contribution is -0.138. The van der Waals surface area contributed by atoms with Crippen LogP contribution in [0.2, 0.25) is 0 Å². The molecule has 0 aromatic rings. The van der Waals surface area contributed by atoms with E-state index in [4.69, 9.17) is 4.74 Å². The van der Waals surface area contributed by atoms with Gasteiger partial charge in [-0.3, -0.25) is 4.79 Å². The Balaban J connectivity index is 2.47. The van der Waals surface area contributed by atoms with Crippen molar-refractivity contribution in [1.29, 1.82) is 0 Å². The monoisotopic (exact) mass is 241 g/mol. The van der Waals surface area contributed by atoms with Gasteiger partial charge in [0.15, 0.2) is 0 Å². The van der Waals surface area contributed by atoms with Crippen molar-refractivity contribution in [2.24, 2.45) is 5.92 Å². The second-order valence-electron chi connectivity index (χ2n) is 5.35. The Morgan fingerprint density at radius 2 is 2.00 bits per heavy atom. The number of rotatable bonds is 7. The molecule has 0 aromatic carbocycles. The van der Waals surface area contributed by atoms with Gasteiger partial charge >= 0.3 is 0 Å². The quantitative estimate of drug-likeness (QED) is 0.686. The van der Waals surface area contributed by atoms with Gasteiger partial charge in [0, 0.05) is 19.2 Å². The molecule has 0 radical (unpaired) electrons. The van der Waals surface area contributed by atoms with Gasteiger partial charge in [-0.2, -0.15) is 0 Å². The van der Waals surface area contributed by atoms with Crippen molar-refractivity contribution in [1.82, 2.24) is 4.90 Å². The standard InChI is InChI=1S/C14H27NO2/c1-4-17-11-14(16)15(10-9-12(2)3)13-7-5-6-8-13/h12-13H,4-11H2,1-3H3. The summed E-state index contributed by atoms with van der Waals surface area (Å²) in [7, 11) is 0. The van der Waals surface area contributed by atoms with Gasteiger partial charge in [0.25, 0.3) is 0 Å². The van der Waals surface area contributed by atoms with Crippen LogP contribution in [0, 0.1) is 5.92 Å². The SMILES string of the molecule is CCOCC(=O)N(CCC(C)C)C1CCCC1. The topological polar surface area (TPSA) is 29.5 Å². The van der Waals surface area contributed by atoms with Crippen molar-refractivity contribution >= 4 is 5.91 Å². The molecule has 17 heavy (non-hydrogen) atoms. The molecule has 1 aliphatic carbocycles. The summed E-state index contributed by atoms with van der Waals surface area (Å²) in [5.74, 6) is 0.832. The van der Waals surface area contributed by atoms with E-state index < -0.39 is 0 Å². The first-order chi connectivity index (χ1) is 8.15. The third-order valence-corrected chi connectivity index (χ3v) is 3.46. The van der Waals surface area contributed by atoms with E-state index in [1.54, 1.807) is 0 Å². The number of carbonyl (C=O) groups is 1. The number of amides is 1. The first kappa shape index (κ1) is 14.5. The minimum Gasteiger partial charge on any atom is -0.372 e. The van der Waals surface area contributed by atoms with E-state index in [2.05, 4.69) is 18.7 Å². The molecule has 0 saturated heterocycles. The lowest BCUT2D eigenvalue weighted by Gasteiger charge is -2.29. The molecule has 1 fully saturated rings. The molecule has 0 spiro atoms. The fourth-order valence-electron chi connectivity index (χ4n) is 2.40. The van der Waals surface area contributed by atoms with Crippen molar-refractivity contribution in [3.05, 3.63) is 0 Å². The van der Waals surface area contributed by atoms with Gasteiger partial charge in [-0.15, -0.1) is 0 Å². The van der Waals surface area contributed by atoms with Crippen LogP contribution in [-0.4, -0.2) is 36.6 Å². The lowest BCUT2D eigenvalue weighted by atomic mass is 10.1. The largest absolute Gasteiger partial charge is 0.372 e. The predicted molar refractivity (Wildman–Crippen MR) is 69.9 cm³/mol. The molecule has 3 nitrogen and oxygen atoms in total. The smallest absolute Gasteiger partial charge is 0.248 e. The highest BCUT2D eigenvalue weighted by molar-refractivity contribution is 5.77. The van der Waals surface area contributed by atoms with Crippen molar-refractivity contribution in [3.8, 4) is 0 Å². The number of hydrogen-bond donors (Lipinski definition) is 0. The van der Waals surface area contributed by atoms with E-state index in [1.165, 1.54) is 25.7 Å². The highest BCUT2D eigenvalue weighted by Crippen LogP contribution is 2.24. The van der Waals surface area contributed by atoms with Crippen LogP contribution in [0.5, 0.6) is 0 Å². The second-order valence-corrected chi connectivity index (χ2v) is 5.35. The van der Waals surface area contributed by atoms with Crippen LogP contribution in [-0.2, 0) is 9.53 Å². The highest BCUT2D eigenvalue weighted by Gasteiger charge is 2.26. The molecule has 1 saturated carbocycles. The van der Waals surface area contributed by atoms with Crippen LogP contribution in [0.1, 0.15) is 52.9 Å². The van der Waals surface area contributed by atoms with E-state index in [-0.39, 0.29) is 12.5 Å². The van der Waals surface area contributed by atoms with E-state index in [9.17, 15) is 4.79 Å². The molecule has 0 N–H and O–H groups in total. The Morgan fingerprint density at radius 3 is 2.53 bits per heavy atom. The molecule has 0 heterocycles. The van der Waals surface area contributed by atoms with Crippen LogP contribution in [0.4, 0.5) is 0 Å². The zero-order chi connectivity index (χ0) is 12.7. The van der Waals surface area contributed by atoms with Crippen LogP contribution < -0.4 is 0 Å². The third kappa shape index (κ3) is 5.07. The van der Waals surface area contributed by atoms with Crippen molar-refractivity contribution in [3.63, 3.8) is 0 Å². The predicted octanol–water partition coefficient (Wildman–Crippen LogP) is 2.84. The molecule has 0 aromatic heterocycles. The summed E-state index contributed by atoms with van der Waals surface area (Å²) >= 11 is 0. The first-order valence-corrected chi connectivity index (χ1v) is 7.02. The molecule has 0 unspecified atom stereocenters. The fourth-order valence-corrected chi connectivity index (χ4v) is 2.40. The second kappa shape index (κ2) is 7.70. The Morgan fingerprint density at radius 1 is 1.35 bits per heavy atom. The van der Waals surface area contributed by atoms with Crippen molar-refractivity contribution in [2.45, 2.75) is 58.9 Å². The molecule has 100 valence electrons. The number of nitrogens with zero attached hydrogens (tertiary/aromatic N) is 1. The maximum atomic E-state index is 12.1. The normalized spacial score (nSPS) is 16.7. The van der Waals surface area contributed by atoms with Gasteiger partial charge in [0.05, 0.1) is 0 Å². The molecular weight excluding hydrogens is 214 g/mol. The molecular formula is C14H27NO2. The molecule has 1 amide bonds. The van der Waals surface area contributed by atoms with Crippen LogP contribution in [0.25, 0.3) is 0 Å². The van der Waals surface area contributed by atoms with E-state index >= 15 is 0 Å². The van der Waals surface area contributed by atoms with Gasteiger partial charge < -0.3 is 9.64 Å². The summed E-state index contributed by atoms with van der Waals surface area (Å²) in [6.45, 7) is 8.12.